The minimum absolute atomic E-state index is 0.0204. The Morgan fingerprint density at radius 3 is 2.56 bits per heavy atom. The monoisotopic (exact) mass is 359 g/mol. The maximum atomic E-state index is 13.1. The molecule has 138 valence electrons. The fraction of sp³-hybridized carbons (Fsp3) is 0.348. The van der Waals surface area contributed by atoms with E-state index in [0.29, 0.717) is 6.42 Å². The minimum Gasteiger partial charge on any atom is -0.341 e. The van der Waals surface area contributed by atoms with Crippen molar-refractivity contribution in [3.05, 3.63) is 70.8 Å². The van der Waals surface area contributed by atoms with Crippen LogP contribution in [0.2, 0.25) is 0 Å². The van der Waals surface area contributed by atoms with Crippen molar-refractivity contribution in [3.8, 4) is 0 Å². The number of carbonyl (C=O) groups is 1. The van der Waals surface area contributed by atoms with Crippen LogP contribution in [0.25, 0.3) is 0 Å². The molecule has 0 aliphatic carbocycles. The second kappa shape index (κ2) is 7.47. The molecule has 0 aromatic heterocycles. The lowest BCUT2D eigenvalue weighted by Gasteiger charge is -2.13. The summed E-state index contributed by atoms with van der Waals surface area (Å²) in [6, 6.07) is 15.9. The van der Waals surface area contributed by atoms with E-state index in [4.69, 9.17) is 9.98 Å². The van der Waals surface area contributed by atoms with Crippen LogP contribution in [0.3, 0.4) is 0 Å². The summed E-state index contributed by atoms with van der Waals surface area (Å²) in [5.41, 5.74) is 4.79. The van der Waals surface area contributed by atoms with E-state index in [2.05, 4.69) is 11.8 Å². The molecular weight excluding hydrogens is 334 g/mol. The van der Waals surface area contributed by atoms with Crippen LogP contribution in [0.1, 0.15) is 46.8 Å². The van der Waals surface area contributed by atoms with Crippen LogP contribution in [0, 0.1) is 6.92 Å². The molecule has 2 aromatic carbocycles. The van der Waals surface area contributed by atoms with Gasteiger partial charge in [0, 0.05) is 30.6 Å². The highest BCUT2D eigenvalue weighted by Gasteiger charge is 2.27. The largest absolute Gasteiger partial charge is 0.341 e. The van der Waals surface area contributed by atoms with Gasteiger partial charge in [-0.3, -0.25) is 4.79 Å². The van der Waals surface area contributed by atoms with E-state index in [9.17, 15) is 4.79 Å². The zero-order valence-electron chi connectivity index (χ0n) is 16.0. The number of rotatable bonds is 4. The van der Waals surface area contributed by atoms with Crippen LogP contribution in [0.5, 0.6) is 0 Å². The molecule has 2 aromatic rings. The van der Waals surface area contributed by atoms with Gasteiger partial charge < -0.3 is 4.90 Å². The van der Waals surface area contributed by atoms with Gasteiger partial charge in [0.1, 0.15) is 0 Å². The first kappa shape index (κ1) is 17.7. The minimum atomic E-state index is -0.0204. The average molecular weight is 359 g/mol. The molecule has 0 N–H and O–H groups in total. The number of carbonyl (C=O) groups excluding carboxylic acids is 1. The van der Waals surface area contributed by atoms with Crippen molar-refractivity contribution in [1.82, 2.24) is 4.90 Å². The third-order valence-electron chi connectivity index (χ3n) is 5.43. The van der Waals surface area contributed by atoms with Crippen molar-refractivity contribution in [2.24, 2.45) is 9.98 Å². The molecule has 0 bridgehead atoms. The molecule has 0 amide bonds. The summed E-state index contributed by atoms with van der Waals surface area (Å²) in [6.07, 6.45) is 2.80. The van der Waals surface area contributed by atoms with Gasteiger partial charge in [0.25, 0.3) is 0 Å². The summed E-state index contributed by atoms with van der Waals surface area (Å²) in [7, 11) is 0. The number of ketones is 1. The molecular formula is C23H25N3O. The summed E-state index contributed by atoms with van der Waals surface area (Å²) < 4.78 is 0. The summed E-state index contributed by atoms with van der Waals surface area (Å²) in [5, 5.41) is 0. The van der Waals surface area contributed by atoms with E-state index in [1.165, 1.54) is 12.8 Å². The van der Waals surface area contributed by atoms with Gasteiger partial charge in [-0.2, -0.15) is 0 Å². The smallest absolute Gasteiger partial charge is 0.221 e. The molecule has 1 fully saturated rings. The Bertz CT molecular complexity index is 923. The molecule has 4 heteroatoms. The number of aliphatic imine (C=N–C) groups is 2. The zero-order chi connectivity index (χ0) is 18.8. The topological polar surface area (TPSA) is 45.0 Å². The third-order valence-corrected chi connectivity index (χ3v) is 5.43. The normalized spacial score (nSPS) is 19.2. The Hall–Kier alpha value is -2.75. The zero-order valence-corrected chi connectivity index (χ0v) is 16.0. The van der Waals surface area contributed by atoms with E-state index >= 15 is 0 Å². The molecule has 2 heterocycles. The highest BCUT2D eigenvalue weighted by atomic mass is 16.1. The summed E-state index contributed by atoms with van der Waals surface area (Å²) in [5.74, 6) is 0.959. The SMILES string of the molecule is Cc1ccccc1CC(=O)c1ccccc1C1=NC(N2CCCC2)=NC1C. The van der Waals surface area contributed by atoms with Gasteiger partial charge in [-0.1, -0.05) is 48.5 Å². The molecule has 2 aliphatic rings. The van der Waals surface area contributed by atoms with Crippen molar-refractivity contribution in [2.45, 2.75) is 39.2 Å². The third kappa shape index (κ3) is 3.57. The number of hydrogen-bond donors (Lipinski definition) is 0. The van der Waals surface area contributed by atoms with Crippen molar-refractivity contribution in [1.29, 1.82) is 0 Å². The lowest BCUT2D eigenvalue weighted by Crippen LogP contribution is -2.25. The Labute approximate surface area is 160 Å². The molecule has 1 unspecified atom stereocenters. The number of Topliss-reactive ketones (excluding diaryl/α,β-unsaturated/α-hetero) is 1. The van der Waals surface area contributed by atoms with Crippen LogP contribution in [-0.2, 0) is 6.42 Å². The second-order valence-corrected chi connectivity index (χ2v) is 7.37. The highest BCUT2D eigenvalue weighted by molar-refractivity contribution is 6.18. The number of likely N-dealkylation sites (tertiary alicyclic amines) is 1. The van der Waals surface area contributed by atoms with Crippen LogP contribution in [0.4, 0.5) is 0 Å². The van der Waals surface area contributed by atoms with Crippen molar-refractivity contribution in [3.63, 3.8) is 0 Å². The van der Waals surface area contributed by atoms with Crippen LogP contribution < -0.4 is 0 Å². The molecule has 1 atom stereocenters. The lowest BCUT2D eigenvalue weighted by atomic mass is 9.93. The van der Waals surface area contributed by atoms with Crippen molar-refractivity contribution in [2.75, 3.05) is 13.1 Å². The van der Waals surface area contributed by atoms with Gasteiger partial charge in [-0.05, 0) is 37.8 Å². The molecule has 4 rings (SSSR count). The van der Waals surface area contributed by atoms with E-state index in [-0.39, 0.29) is 11.8 Å². The highest BCUT2D eigenvalue weighted by Crippen LogP contribution is 2.22. The Morgan fingerprint density at radius 2 is 1.78 bits per heavy atom. The molecule has 1 saturated heterocycles. The van der Waals surface area contributed by atoms with Gasteiger partial charge in [-0.25, -0.2) is 9.98 Å². The molecule has 2 aliphatic heterocycles. The summed E-state index contributed by atoms with van der Waals surface area (Å²) >= 11 is 0. The number of hydrogen-bond acceptors (Lipinski definition) is 4. The van der Waals surface area contributed by atoms with Crippen LogP contribution >= 0.6 is 0 Å². The van der Waals surface area contributed by atoms with Gasteiger partial charge >= 0.3 is 0 Å². The fourth-order valence-corrected chi connectivity index (χ4v) is 3.85. The maximum Gasteiger partial charge on any atom is 0.221 e. The standard InChI is InChI=1S/C23H25N3O/c1-16-9-3-4-10-18(16)15-21(27)19-11-5-6-12-20(19)22-17(2)24-23(25-22)26-13-7-8-14-26/h3-6,9-12,17H,7-8,13-15H2,1-2H3. The van der Waals surface area contributed by atoms with Crippen molar-refractivity contribution < 1.29 is 4.79 Å². The average Bonchev–Trinajstić information content (AvgIpc) is 3.33. The molecule has 0 radical (unpaired) electrons. The maximum absolute atomic E-state index is 13.1. The quantitative estimate of drug-likeness (QED) is 0.773. The van der Waals surface area contributed by atoms with Crippen LogP contribution in [0.15, 0.2) is 58.5 Å². The fourth-order valence-electron chi connectivity index (χ4n) is 3.85. The number of guanidine groups is 1. The van der Waals surface area contributed by atoms with Gasteiger partial charge in [0.2, 0.25) is 5.96 Å². The Kier molecular flexibility index (Phi) is 4.88. The molecule has 4 nitrogen and oxygen atoms in total. The summed E-state index contributed by atoms with van der Waals surface area (Å²) in [4.78, 5) is 24.9. The van der Waals surface area contributed by atoms with Gasteiger partial charge in [0.15, 0.2) is 5.78 Å². The predicted octanol–water partition coefficient (Wildman–Crippen LogP) is 4.06. The predicted molar refractivity (Wildman–Crippen MR) is 110 cm³/mol. The van der Waals surface area contributed by atoms with Crippen molar-refractivity contribution >= 4 is 17.5 Å². The Morgan fingerprint density at radius 1 is 1.07 bits per heavy atom. The number of nitrogens with zero attached hydrogens (tertiary/aromatic N) is 3. The van der Waals surface area contributed by atoms with Gasteiger partial charge in [-0.15, -0.1) is 0 Å². The number of aryl methyl sites for hydroxylation is 1. The number of benzene rings is 2. The van der Waals surface area contributed by atoms with E-state index in [1.807, 2.05) is 55.5 Å². The van der Waals surface area contributed by atoms with Crippen LogP contribution in [-0.4, -0.2) is 41.5 Å². The first-order valence-electron chi connectivity index (χ1n) is 9.72. The first-order chi connectivity index (χ1) is 13.1. The van der Waals surface area contributed by atoms with E-state index < -0.39 is 0 Å². The molecule has 27 heavy (non-hydrogen) atoms. The molecule has 0 saturated carbocycles. The van der Waals surface area contributed by atoms with Gasteiger partial charge in [0.05, 0.1) is 11.8 Å². The summed E-state index contributed by atoms with van der Waals surface area (Å²) in [6.45, 7) is 6.16. The molecule has 0 spiro atoms. The van der Waals surface area contributed by atoms with E-state index in [0.717, 1.165) is 47.0 Å². The Balaban J connectivity index is 1.63. The first-order valence-corrected chi connectivity index (χ1v) is 9.72. The van der Waals surface area contributed by atoms with E-state index in [1.54, 1.807) is 0 Å². The second-order valence-electron chi connectivity index (χ2n) is 7.37. The lowest BCUT2D eigenvalue weighted by molar-refractivity contribution is 0.0992.